The van der Waals surface area contributed by atoms with Crippen molar-refractivity contribution in [3.8, 4) is 0 Å². The van der Waals surface area contributed by atoms with Gasteiger partial charge >= 0.3 is 0 Å². The standard InChI is InChI=1S/C17H21FN2O4S/c18-14-3-1-2-12(8-14)10-20-11-15(9-16(20)21)19-17(22)13-4-6-25(23,24)7-5-13/h1-3,8,13,15H,4-7,9-11H2,(H,19,22). The van der Waals surface area contributed by atoms with Gasteiger partial charge in [-0.15, -0.1) is 0 Å². The first-order chi connectivity index (χ1) is 11.8. The van der Waals surface area contributed by atoms with E-state index in [9.17, 15) is 22.4 Å². The topological polar surface area (TPSA) is 83.6 Å². The molecule has 1 N–H and O–H groups in total. The summed E-state index contributed by atoms with van der Waals surface area (Å²) in [4.78, 5) is 26.0. The Hall–Kier alpha value is -1.96. The van der Waals surface area contributed by atoms with E-state index in [2.05, 4.69) is 5.32 Å². The number of sulfone groups is 1. The maximum Gasteiger partial charge on any atom is 0.225 e. The number of hydrogen-bond acceptors (Lipinski definition) is 4. The molecule has 6 nitrogen and oxygen atoms in total. The predicted molar refractivity (Wildman–Crippen MR) is 89.7 cm³/mol. The molecule has 1 atom stereocenters. The van der Waals surface area contributed by atoms with E-state index in [0.717, 1.165) is 0 Å². The van der Waals surface area contributed by atoms with Gasteiger partial charge in [0.2, 0.25) is 11.8 Å². The second-order valence-corrected chi connectivity index (χ2v) is 9.04. The summed E-state index contributed by atoms with van der Waals surface area (Å²) in [5, 5.41) is 2.86. The number of halogens is 1. The summed E-state index contributed by atoms with van der Waals surface area (Å²) in [5.74, 6) is -0.834. The van der Waals surface area contributed by atoms with Crippen molar-refractivity contribution in [3.63, 3.8) is 0 Å². The molecule has 2 heterocycles. The minimum absolute atomic E-state index is 0.0420. The highest BCUT2D eigenvalue weighted by Gasteiger charge is 2.34. The minimum atomic E-state index is -3.01. The lowest BCUT2D eigenvalue weighted by molar-refractivity contribution is -0.128. The fourth-order valence-electron chi connectivity index (χ4n) is 3.35. The zero-order chi connectivity index (χ0) is 18.0. The normalized spacial score (nSPS) is 23.6. The summed E-state index contributed by atoms with van der Waals surface area (Å²) in [6.07, 6.45) is 0.885. The van der Waals surface area contributed by atoms with E-state index in [1.807, 2.05) is 0 Å². The highest BCUT2D eigenvalue weighted by atomic mass is 32.2. The van der Waals surface area contributed by atoms with E-state index in [4.69, 9.17) is 0 Å². The quantitative estimate of drug-likeness (QED) is 0.855. The Bertz CT molecular complexity index is 767. The van der Waals surface area contributed by atoms with Crippen molar-refractivity contribution in [1.29, 1.82) is 0 Å². The molecule has 0 aromatic heterocycles. The van der Waals surface area contributed by atoms with Gasteiger partial charge in [0.05, 0.1) is 17.5 Å². The Labute approximate surface area is 146 Å². The average Bonchev–Trinajstić information content (AvgIpc) is 2.86. The minimum Gasteiger partial charge on any atom is -0.351 e. The first-order valence-electron chi connectivity index (χ1n) is 8.35. The molecule has 1 aromatic carbocycles. The van der Waals surface area contributed by atoms with E-state index in [1.54, 1.807) is 17.0 Å². The van der Waals surface area contributed by atoms with Crippen LogP contribution < -0.4 is 5.32 Å². The molecule has 0 spiro atoms. The largest absolute Gasteiger partial charge is 0.351 e. The Morgan fingerprint density at radius 3 is 2.68 bits per heavy atom. The van der Waals surface area contributed by atoms with Gasteiger partial charge in [0.15, 0.2) is 0 Å². The molecular formula is C17H21FN2O4S. The summed E-state index contributed by atoms with van der Waals surface area (Å²) in [6, 6.07) is 5.81. The van der Waals surface area contributed by atoms with E-state index >= 15 is 0 Å². The molecule has 2 fully saturated rings. The molecule has 0 aliphatic carbocycles. The van der Waals surface area contributed by atoms with Crippen LogP contribution in [-0.4, -0.2) is 49.2 Å². The molecule has 2 saturated heterocycles. The monoisotopic (exact) mass is 368 g/mol. The molecule has 2 aliphatic rings. The van der Waals surface area contributed by atoms with Crippen LogP contribution in [0.3, 0.4) is 0 Å². The predicted octanol–water partition coefficient (Wildman–Crippen LogP) is 0.868. The van der Waals surface area contributed by atoms with Crippen LogP contribution in [0.4, 0.5) is 4.39 Å². The van der Waals surface area contributed by atoms with Gasteiger partial charge in [0, 0.05) is 25.4 Å². The van der Waals surface area contributed by atoms with Crippen molar-refractivity contribution >= 4 is 21.7 Å². The number of benzene rings is 1. The molecule has 1 unspecified atom stereocenters. The van der Waals surface area contributed by atoms with Crippen molar-refractivity contribution in [3.05, 3.63) is 35.6 Å². The number of hydrogen-bond donors (Lipinski definition) is 1. The molecule has 3 rings (SSSR count). The van der Waals surface area contributed by atoms with Gasteiger partial charge in [-0.3, -0.25) is 9.59 Å². The number of nitrogens with zero attached hydrogens (tertiary/aromatic N) is 1. The highest BCUT2D eigenvalue weighted by molar-refractivity contribution is 7.91. The maximum absolute atomic E-state index is 13.2. The van der Waals surface area contributed by atoms with Gasteiger partial charge < -0.3 is 10.2 Å². The number of rotatable bonds is 4. The molecule has 8 heteroatoms. The summed E-state index contributed by atoms with van der Waals surface area (Å²) >= 11 is 0. The Morgan fingerprint density at radius 2 is 2.00 bits per heavy atom. The molecule has 1 aromatic rings. The van der Waals surface area contributed by atoms with Crippen molar-refractivity contribution in [2.24, 2.45) is 5.92 Å². The van der Waals surface area contributed by atoms with Crippen molar-refractivity contribution in [2.45, 2.75) is 31.8 Å². The molecule has 0 bridgehead atoms. The van der Waals surface area contributed by atoms with Gasteiger partial charge in [0.1, 0.15) is 15.7 Å². The van der Waals surface area contributed by atoms with Gasteiger partial charge in [0.25, 0.3) is 0 Å². The van der Waals surface area contributed by atoms with Crippen LogP contribution in [0.5, 0.6) is 0 Å². The first-order valence-corrected chi connectivity index (χ1v) is 10.2. The highest BCUT2D eigenvalue weighted by Crippen LogP contribution is 2.21. The molecule has 136 valence electrons. The van der Waals surface area contributed by atoms with Crippen LogP contribution in [0.15, 0.2) is 24.3 Å². The van der Waals surface area contributed by atoms with E-state index < -0.39 is 9.84 Å². The van der Waals surface area contributed by atoms with Gasteiger partial charge in [-0.05, 0) is 30.5 Å². The summed E-state index contributed by atoms with van der Waals surface area (Å²) < 4.78 is 36.1. The van der Waals surface area contributed by atoms with Crippen LogP contribution in [-0.2, 0) is 26.0 Å². The fourth-order valence-corrected chi connectivity index (χ4v) is 4.84. The van der Waals surface area contributed by atoms with Crippen LogP contribution in [0.2, 0.25) is 0 Å². The molecule has 2 aliphatic heterocycles. The number of carbonyl (C=O) groups is 2. The van der Waals surface area contributed by atoms with Crippen LogP contribution in [0, 0.1) is 11.7 Å². The molecular weight excluding hydrogens is 347 g/mol. The molecule has 0 saturated carbocycles. The smallest absolute Gasteiger partial charge is 0.225 e. The lowest BCUT2D eigenvalue weighted by Gasteiger charge is -2.23. The third kappa shape index (κ3) is 4.56. The Morgan fingerprint density at radius 1 is 1.28 bits per heavy atom. The van der Waals surface area contributed by atoms with Crippen molar-refractivity contribution < 1.29 is 22.4 Å². The molecule has 2 amide bonds. The number of likely N-dealkylation sites (tertiary alicyclic amines) is 1. The average molecular weight is 368 g/mol. The third-order valence-corrected chi connectivity index (χ3v) is 6.46. The number of carbonyl (C=O) groups excluding carboxylic acids is 2. The zero-order valence-electron chi connectivity index (χ0n) is 13.8. The first kappa shape index (κ1) is 17.8. The SMILES string of the molecule is O=C(NC1CC(=O)N(Cc2cccc(F)c2)C1)C1CCS(=O)(=O)CC1. The Kier molecular flexibility index (Phi) is 5.08. The van der Waals surface area contributed by atoms with Crippen molar-refractivity contribution in [2.75, 3.05) is 18.1 Å². The van der Waals surface area contributed by atoms with Crippen LogP contribution in [0.25, 0.3) is 0 Å². The van der Waals surface area contributed by atoms with E-state index in [0.29, 0.717) is 31.5 Å². The third-order valence-electron chi connectivity index (χ3n) is 4.75. The Balaban J connectivity index is 1.53. The summed E-state index contributed by atoms with van der Waals surface area (Å²) in [6.45, 7) is 0.691. The number of amides is 2. The van der Waals surface area contributed by atoms with Gasteiger partial charge in [-0.1, -0.05) is 12.1 Å². The van der Waals surface area contributed by atoms with E-state index in [-0.39, 0.29) is 47.5 Å². The lowest BCUT2D eigenvalue weighted by atomic mass is 10.0. The van der Waals surface area contributed by atoms with Crippen molar-refractivity contribution in [1.82, 2.24) is 10.2 Å². The second kappa shape index (κ2) is 7.11. The maximum atomic E-state index is 13.2. The van der Waals surface area contributed by atoms with E-state index in [1.165, 1.54) is 12.1 Å². The molecule has 25 heavy (non-hydrogen) atoms. The summed E-state index contributed by atoms with van der Waals surface area (Å²) in [5.41, 5.74) is 0.706. The second-order valence-electron chi connectivity index (χ2n) is 6.74. The zero-order valence-corrected chi connectivity index (χ0v) is 14.6. The van der Waals surface area contributed by atoms with Crippen LogP contribution >= 0.6 is 0 Å². The summed E-state index contributed by atoms with van der Waals surface area (Å²) in [7, 11) is -3.01. The van der Waals surface area contributed by atoms with Gasteiger partial charge in [-0.2, -0.15) is 0 Å². The fraction of sp³-hybridized carbons (Fsp3) is 0.529. The van der Waals surface area contributed by atoms with Gasteiger partial charge in [-0.25, -0.2) is 12.8 Å². The lowest BCUT2D eigenvalue weighted by Crippen LogP contribution is -2.42. The molecule has 0 radical (unpaired) electrons. The number of nitrogens with one attached hydrogen (secondary N) is 1. The van der Waals surface area contributed by atoms with Crippen LogP contribution in [0.1, 0.15) is 24.8 Å².